The van der Waals surface area contributed by atoms with Crippen LogP contribution in [0.25, 0.3) is 22.4 Å². The topological polar surface area (TPSA) is 135 Å². The van der Waals surface area contributed by atoms with Crippen molar-refractivity contribution < 1.29 is 9.53 Å². The Morgan fingerprint density at radius 1 is 1.03 bits per heavy atom. The van der Waals surface area contributed by atoms with Gasteiger partial charge in [-0.15, -0.1) is 0 Å². The van der Waals surface area contributed by atoms with Crippen molar-refractivity contribution in [3.05, 3.63) is 83.6 Å². The van der Waals surface area contributed by atoms with Crippen LogP contribution in [0.5, 0.6) is 5.88 Å². The Bertz CT molecular complexity index is 1720. The van der Waals surface area contributed by atoms with E-state index in [1.165, 1.54) is 0 Å². The van der Waals surface area contributed by atoms with Crippen LogP contribution in [-0.2, 0) is 17.9 Å². The molecule has 0 atom stereocenters. The zero-order valence-corrected chi connectivity index (χ0v) is 20.3. The van der Waals surface area contributed by atoms with Crippen molar-refractivity contribution in [2.45, 2.75) is 13.1 Å². The number of likely N-dealkylation sites (N-methyl/N-ethyl adjacent to an activating group) is 1. The molecule has 0 aliphatic carbocycles. The SMILES string of the molecule is CNC(=O)COc1cc2c(cn1)CN(c1nccc(-c3nccc(C#Cc4ccc5[nH]ncc5c4)n3)n1)C2. The van der Waals surface area contributed by atoms with Gasteiger partial charge >= 0.3 is 0 Å². The first kappa shape index (κ1) is 23.1. The number of benzene rings is 1. The third kappa shape index (κ3) is 4.83. The first-order valence-corrected chi connectivity index (χ1v) is 11.8. The van der Waals surface area contributed by atoms with Crippen LogP contribution in [0, 0.1) is 11.8 Å². The minimum atomic E-state index is -0.216. The van der Waals surface area contributed by atoms with Gasteiger partial charge in [0.05, 0.1) is 11.7 Å². The summed E-state index contributed by atoms with van der Waals surface area (Å²) in [6.45, 7) is 1.11. The molecule has 1 aliphatic rings. The summed E-state index contributed by atoms with van der Waals surface area (Å²) in [6.07, 6.45) is 6.89. The lowest BCUT2D eigenvalue weighted by Gasteiger charge is -2.15. The van der Waals surface area contributed by atoms with Gasteiger partial charge in [0.2, 0.25) is 11.8 Å². The predicted molar refractivity (Wildman–Crippen MR) is 139 cm³/mol. The molecule has 0 saturated carbocycles. The molecule has 0 saturated heterocycles. The Labute approximate surface area is 217 Å². The number of aromatic amines is 1. The number of ether oxygens (including phenoxy) is 1. The molecule has 0 radical (unpaired) electrons. The average molecular weight is 504 g/mol. The van der Waals surface area contributed by atoms with Crippen molar-refractivity contribution in [1.82, 2.24) is 40.4 Å². The number of nitrogens with one attached hydrogen (secondary N) is 2. The number of hydrogen-bond donors (Lipinski definition) is 2. The van der Waals surface area contributed by atoms with Gasteiger partial charge in [-0.1, -0.05) is 5.92 Å². The summed E-state index contributed by atoms with van der Waals surface area (Å²) in [4.78, 5) is 36.0. The zero-order valence-electron chi connectivity index (χ0n) is 20.3. The number of fused-ring (bicyclic) bond motifs is 2. The van der Waals surface area contributed by atoms with Gasteiger partial charge in [0, 0.05) is 55.7 Å². The number of aromatic nitrogens is 7. The first-order chi connectivity index (χ1) is 18.6. The number of H-pyrrole nitrogens is 1. The second-order valence-electron chi connectivity index (χ2n) is 8.54. The number of carbonyl (C=O) groups excluding carboxylic acids is 1. The number of pyridine rings is 1. The molecule has 6 rings (SSSR count). The summed E-state index contributed by atoms with van der Waals surface area (Å²) in [5, 5.41) is 10.5. The molecule has 1 amide bonds. The molecule has 0 unspecified atom stereocenters. The molecule has 5 heterocycles. The average Bonchev–Trinajstić information content (AvgIpc) is 3.61. The second-order valence-corrected chi connectivity index (χ2v) is 8.54. The summed E-state index contributed by atoms with van der Waals surface area (Å²) >= 11 is 0. The molecular formula is C27H21N9O2. The summed E-state index contributed by atoms with van der Waals surface area (Å²) in [7, 11) is 1.56. The normalized spacial score (nSPS) is 12.1. The van der Waals surface area contributed by atoms with Gasteiger partial charge in [0.1, 0.15) is 11.4 Å². The first-order valence-electron chi connectivity index (χ1n) is 11.8. The number of hydrogen-bond acceptors (Lipinski definition) is 9. The Morgan fingerprint density at radius 3 is 2.84 bits per heavy atom. The lowest BCUT2D eigenvalue weighted by molar-refractivity contribution is -0.122. The molecule has 38 heavy (non-hydrogen) atoms. The van der Waals surface area contributed by atoms with E-state index < -0.39 is 0 Å². The summed E-state index contributed by atoms with van der Waals surface area (Å²) in [6, 6.07) is 11.3. The van der Waals surface area contributed by atoms with E-state index in [0.29, 0.717) is 42.1 Å². The third-order valence-corrected chi connectivity index (χ3v) is 6.00. The van der Waals surface area contributed by atoms with Crippen LogP contribution in [0.4, 0.5) is 5.95 Å². The Kier molecular flexibility index (Phi) is 6.03. The van der Waals surface area contributed by atoms with Crippen molar-refractivity contribution in [2.75, 3.05) is 18.6 Å². The van der Waals surface area contributed by atoms with E-state index in [4.69, 9.17) is 9.72 Å². The molecule has 0 bridgehead atoms. The lowest BCUT2D eigenvalue weighted by atomic mass is 10.1. The Morgan fingerprint density at radius 2 is 1.92 bits per heavy atom. The summed E-state index contributed by atoms with van der Waals surface area (Å²) in [5.41, 5.74) is 5.12. The van der Waals surface area contributed by atoms with Crippen LogP contribution in [0.2, 0.25) is 0 Å². The summed E-state index contributed by atoms with van der Waals surface area (Å²) < 4.78 is 5.47. The molecule has 186 valence electrons. The highest BCUT2D eigenvalue weighted by molar-refractivity contribution is 5.79. The molecule has 11 heteroatoms. The number of carbonyl (C=O) groups is 1. The maximum Gasteiger partial charge on any atom is 0.257 e. The molecular weight excluding hydrogens is 482 g/mol. The molecule has 5 aromatic rings. The maximum atomic E-state index is 11.5. The second kappa shape index (κ2) is 9.94. The van der Waals surface area contributed by atoms with E-state index in [-0.39, 0.29) is 12.5 Å². The van der Waals surface area contributed by atoms with E-state index >= 15 is 0 Å². The Balaban J connectivity index is 1.19. The fourth-order valence-corrected chi connectivity index (χ4v) is 4.03. The number of nitrogens with zero attached hydrogens (tertiary/aromatic N) is 7. The van der Waals surface area contributed by atoms with Crippen LogP contribution < -0.4 is 15.0 Å². The highest BCUT2D eigenvalue weighted by Gasteiger charge is 2.23. The zero-order chi connectivity index (χ0) is 25.9. The summed E-state index contributed by atoms with van der Waals surface area (Å²) in [5.74, 6) is 7.47. The van der Waals surface area contributed by atoms with Crippen LogP contribution >= 0.6 is 0 Å². The molecule has 0 spiro atoms. The van der Waals surface area contributed by atoms with Gasteiger partial charge in [-0.25, -0.2) is 24.9 Å². The van der Waals surface area contributed by atoms with Crippen molar-refractivity contribution in [1.29, 1.82) is 0 Å². The van der Waals surface area contributed by atoms with Crippen molar-refractivity contribution in [3.63, 3.8) is 0 Å². The molecule has 1 aromatic carbocycles. The van der Waals surface area contributed by atoms with Crippen LogP contribution in [0.1, 0.15) is 22.4 Å². The highest BCUT2D eigenvalue weighted by Crippen LogP contribution is 2.28. The van der Waals surface area contributed by atoms with Crippen molar-refractivity contribution in [2.24, 2.45) is 0 Å². The van der Waals surface area contributed by atoms with Gasteiger partial charge < -0.3 is 15.0 Å². The molecule has 4 aromatic heterocycles. The van der Waals surface area contributed by atoms with E-state index in [1.54, 1.807) is 44.0 Å². The van der Waals surface area contributed by atoms with Crippen molar-refractivity contribution in [3.8, 4) is 29.2 Å². The molecule has 0 fully saturated rings. The van der Waals surface area contributed by atoms with Gasteiger partial charge in [-0.3, -0.25) is 9.89 Å². The molecule has 1 aliphatic heterocycles. The Hall–Kier alpha value is -5.37. The standard InChI is InChI=1S/C27H21N9O2/c1-28-24(37)16-38-25-11-19-14-36(15-20(19)12-31-25)27-30-9-7-23(34-27)26-29-8-6-21(33-26)4-2-17-3-5-22-18(10-17)13-32-35-22/h3,5-13H,14-16H2,1H3,(H,28,37)(H,32,35). The fourth-order valence-electron chi connectivity index (χ4n) is 4.03. The molecule has 2 N–H and O–H groups in total. The quantitative estimate of drug-likeness (QED) is 0.346. The minimum Gasteiger partial charge on any atom is -0.468 e. The van der Waals surface area contributed by atoms with Crippen LogP contribution in [0.3, 0.4) is 0 Å². The van der Waals surface area contributed by atoms with E-state index in [1.807, 2.05) is 29.2 Å². The van der Waals surface area contributed by atoms with Gasteiger partial charge in [0.15, 0.2) is 12.4 Å². The van der Waals surface area contributed by atoms with Crippen LogP contribution in [0.15, 0.2) is 61.2 Å². The number of anilines is 1. The number of rotatable bonds is 5. The fraction of sp³-hybridized carbons (Fsp3) is 0.148. The van der Waals surface area contributed by atoms with Gasteiger partial charge in [-0.05, 0) is 47.4 Å². The smallest absolute Gasteiger partial charge is 0.257 e. The predicted octanol–water partition coefficient (Wildman–Crippen LogP) is 2.25. The minimum absolute atomic E-state index is 0.0831. The van der Waals surface area contributed by atoms with E-state index in [2.05, 4.69) is 47.3 Å². The third-order valence-electron chi connectivity index (χ3n) is 6.00. The monoisotopic (exact) mass is 503 g/mol. The van der Waals surface area contributed by atoms with Crippen LogP contribution in [-0.4, -0.2) is 54.7 Å². The van der Waals surface area contributed by atoms with Crippen molar-refractivity contribution >= 4 is 22.8 Å². The van der Waals surface area contributed by atoms with Gasteiger partial charge in [0.25, 0.3) is 5.91 Å². The van der Waals surface area contributed by atoms with E-state index in [0.717, 1.165) is 27.6 Å². The lowest BCUT2D eigenvalue weighted by Crippen LogP contribution is -2.25. The largest absolute Gasteiger partial charge is 0.468 e. The van der Waals surface area contributed by atoms with E-state index in [9.17, 15) is 4.79 Å². The maximum absolute atomic E-state index is 11.5. The van der Waals surface area contributed by atoms with Gasteiger partial charge in [-0.2, -0.15) is 5.10 Å². The number of amides is 1. The highest BCUT2D eigenvalue weighted by atomic mass is 16.5. The molecule has 11 nitrogen and oxygen atoms in total.